The molecule has 1 amide bonds. The van der Waals surface area contributed by atoms with E-state index in [1.165, 1.54) is 0 Å². The molecule has 0 spiro atoms. The van der Waals surface area contributed by atoms with Crippen LogP contribution in [0.25, 0.3) is 0 Å². The SMILES string of the molecule is CCCN(CCC)C(=O)c1cc(C)cc(C(=O)O[C@H](CNCc2cccc(OC)c2)[C@H](N)Cc2ccco2)c1. The summed E-state index contributed by atoms with van der Waals surface area (Å²) in [4.78, 5) is 28.4. The van der Waals surface area contributed by atoms with Crippen molar-refractivity contribution in [2.75, 3.05) is 26.7 Å². The Morgan fingerprint density at radius 3 is 2.44 bits per heavy atom. The molecule has 2 atom stereocenters. The topological polar surface area (TPSA) is 107 Å². The van der Waals surface area contributed by atoms with E-state index in [1.54, 1.807) is 31.6 Å². The van der Waals surface area contributed by atoms with Gasteiger partial charge in [-0.15, -0.1) is 0 Å². The average molecular weight is 536 g/mol. The van der Waals surface area contributed by atoms with Gasteiger partial charge in [0, 0.05) is 44.2 Å². The lowest BCUT2D eigenvalue weighted by molar-refractivity contribution is 0.0234. The largest absolute Gasteiger partial charge is 0.497 e. The zero-order chi connectivity index (χ0) is 28.2. The number of ether oxygens (including phenoxy) is 2. The third kappa shape index (κ3) is 8.97. The summed E-state index contributed by atoms with van der Waals surface area (Å²) < 4.78 is 16.7. The van der Waals surface area contributed by atoms with Crippen LogP contribution in [0.1, 0.15) is 64.3 Å². The van der Waals surface area contributed by atoms with Crippen molar-refractivity contribution in [2.24, 2.45) is 5.73 Å². The molecule has 1 heterocycles. The summed E-state index contributed by atoms with van der Waals surface area (Å²) in [6.45, 7) is 8.18. The van der Waals surface area contributed by atoms with E-state index < -0.39 is 18.1 Å². The first-order valence-corrected chi connectivity index (χ1v) is 13.6. The number of hydrogen-bond acceptors (Lipinski definition) is 7. The Labute approximate surface area is 231 Å². The summed E-state index contributed by atoms with van der Waals surface area (Å²) in [7, 11) is 1.63. The van der Waals surface area contributed by atoms with Crippen LogP contribution in [0, 0.1) is 6.92 Å². The first kappa shape index (κ1) is 29.9. The van der Waals surface area contributed by atoms with Gasteiger partial charge in [-0.1, -0.05) is 26.0 Å². The molecule has 3 N–H and O–H groups in total. The zero-order valence-electron chi connectivity index (χ0n) is 23.4. The minimum absolute atomic E-state index is 0.0810. The molecule has 0 aliphatic heterocycles. The van der Waals surface area contributed by atoms with E-state index in [2.05, 4.69) is 5.32 Å². The molecule has 0 bridgehead atoms. The van der Waals surface area contributed by atoms with Gasteiger partial charge >= 0.3 is 5.97 Å². The molecule has 0 aliphatic rings. The zero-order valence-corrected chi connectivity index (χ0v) is 23.4. The minimum Gasteiger partial charge on any atom is -0.497 e. The van der Waals surface area contributed by atoms with Crippen molar-refractivity contribution in [1.82, 2.24) is 10.2 Å². The van der Waals surface area contributed by atoms with Gasteiger partial charge in [-0.25, -0.2) is 4.79 Å². The normalized spacial score (nSPS) is 12.5. The van der Waals surface area contributed by atoms with E-state index in [0.29, 0.717) is 49.5 Å². The van der Waals surface area contributed by atoms with Crippen LogP contribution in [0.2, 0.25) is 0 Å². The van der Waals surface area contributed by atoms with E-state index in [1.807, 2.05) is 62.1 Å². The summed E-state index contributed by atoms with van der Waals surface area (Å²) in [5.74, 6) is 0.885. The van der Waals surface area contributed by atoms with E-state index in [4.69, 9.17) is 19.6 Å². The number of benzene rings is 2. The first-order chi connectivity index (χ1) is 18.8. The monoisotopic (exact) mass is 535 g/mol. The molecule has 0 aliphatic carbocycles. The fraction of sp³-hybridized carbons (Fsp3) is 0.419. The number of carbonyl (C=O) groups excluding carboxylic acids is 2. The van der Waals surface area contributed by atoms with Crippen molar-refractivity contribution in [3.05, 3.63) is 88.9 Å². The highest BCUT2D eigenvalue weighted by Crippen LogP contribution is 2.17. The summed E-state index contributed by atoms with van der Waals surface area (Å²) in [5.41, 5.74) is 9.17. The number of esters is 1. The van der Waals surface area contributed by atoms with Crippen LogP contribution in [0.15, 0.2) is 65.3 Å². The molecule has 0 fully saturated rings. The van der Waals surface area contributed by atoms with Gasteiger partial charge in [0.25, 0.3) is 5.91 Å². The molecule has 0 unspecified atom stereocenters. The van der Waals surface area contributed by atoms with E-state index >= 15 is 0 Å². The smallest absolute Gasteiger partial charge is 0.338 e. The molecule has 0 radical (unpaired) electrons. The number of nitrogens with one attached hydrogen (secondary N) is 1. The van der Waals surface area contributed by atoms with E-state index in [-0.39, 0.29) is 5.91 Å². The number of nitrogens with zero attached hydrogens (tertiary/aromatic N) is 1. The summed E-state index contributed by atoms with van der Waals surface area (Å²) >= 11 is 0. The van der Waals surface area contributed by atoms with Crippen LogP contribution in [-0.4, -0.2) is 55.7 Å². The lowest BCUT2D eigenvalue weighted by Gasteiger charge is -2.25. The molecule has 3 rings (SSSR count). The van der Waals surface area contributed by atoms with Crippen molar-refractivity contribution >= 4 is 11.9 Å². The average Bonchev–Trinajstić information content (AvgIpc) is 3.44. The van der Waals surface area contributed by atoms with Gasteiger partial charge < -0.3 is 29.8 Å². The van der Waals surface area contributed by atoms with Crippen LogP contribution < -0.4 is 15.8 Å². The number of furan rings is 1. The Hall–Kier alpha value is -3.62. The van der Waals surface area contributed by atoms with E-state index in [9.17, 15) is 9.59 Å². The summed E-state index contributed by atoms with van der Waals surface area (Å²) in [6.07, 6.45) is 3.10. The van der Waals surface area contributed by atoms with Crippen molar-refractivity contribution in [3.63, 3.8) is 0 Å². The lowest BCUT2D eigenvalue weighted by atomic mass is 10.0. The van der Waals surface area contributed by atoms with Crippen LogP contribution in [0.4, 0.5) is 0 Å². The van der Waals surface area contributed by atoms with Gasteiger partial charge in [0.05, 0.1) is 18.9 Å². The molecule has 1 aromatic heterocycles. The summed E-state index contributed by atoms with van der Waals surface area (Å²) in [6, 6.07) is 16.1. The molecule has 0 saturated heterocycles. The molecule has 210 valence electrons. The molecular weight excluding hydrogens is 494 g/mol. The number of rotatable bonds is 15. The van der Waals surface area contributed by atoms with Crippen molar-refractivity contribution in [2.45, 2.75) is 58.7 Å². The number of hydrogen-bond donors (Lipinski definition) is 2. The van der Waals surface area contributed by atoms with Gasteiger partial charge in [0.15, 0.2) is 0 Å². The predicted molar refractivity (Wildman–Crippen MR) is 152 cm³/mol. The minimum atomic E-state index is -0.635. The second-order valence-electron chi connectivity index (χ2n) is 9.75. The van der Waals surface area contributed by atoms with Crippen LogP contribution >= 0.6 is 0 Å². The molecule has 3 aromatic rings. The first-order valence-electron chi connectivity index (χ1n) is 13.6. The molecule has 8 heteroatoms. The third-order valence-electron chi connectivity index (χ3n) is 6.40. The Kier molecular flexibility index (Phi) is 11.6. The predicted octanol–water partition coefficient (Wildman–Crippen LogP) is 4.74. The van der Waals surface area contributed by atoms with Crippen LogP contribution in [0.3, 0.4) is 0 Å². The molecule has 39 heavy (non-hydrogen) atoms. The second-order valence-corrected chi connectivity index (χ2v) is 9.75. The van der Waals surface area contributed by atoms with E-state index in [0.717, 1.165) is 29.7 Å². The standard InChI is InChI=1S/C31H41N3O5/c1-5-12-34(13-6-2)30(35)24-15-22(3)16-25(18-24)31(36)39-29(28(32)19-27-11-8-14-38-27)21-33-20-23-9-7-10-26(17-23)37-4/h7-11,14-18,28-29,33H,5-6,12-13,19-21,32H2,1-4H3/t28-,29-/m1/s1. The number of methoxy groups -OCH3 is 1. The Balaban J connectivity index is 1.75. The quantitative estimate of drug-likeness (QED) is 0.271. The van der Waals surface area contributed by atoms with Crippen molar-refractivity contribution in [1.29, 1.82) is 0 Å². The summed E-state index contributed by atoms with van der Waals surface area (Å²) in [5, 5.41) is 3.35. The number of nitrogens with two attached hydrogens (primary N) is 1. The van der Waals surface area contributed by atoms with Crippen LogP contribution in [-0.2, 0) is 17.7 Å². The lowest BCUT2D eigenvalue weighted by Crippen LogP contribution is -2.45. The number of aryl methyl sites for hydroxylation is 1. The Morgan fingerprint density at radius 1 is 1.03 bits per heavy atom. The van der Waals surface area contributed by atoms with Crippen molar-refractivity contribution in [3.8, 4) is 5.75 Å². The van der Waals surface area contributed by atoms with Gasteiger partial charge in [-0.2, -0.15) is 0 Å². The molecule has 0 saturated carbocycles. The highest BCUT2D eigenvalue weighted by Gasteiger charge is 2.25. The fourth-order valence-corrected chi connectivity index (χ4v) is 4.48. The van der Waals surface area contributed by atoms with Gasteiger partial charge in [-0.3, -0.25) is 4.79 Å². The van der Waals surface area contributed by atoms with Gasteiger partial charge in [0.2, 0.25) is 0 Å². The Bertz CT molecular complexity index is 1190. The van der Waals surface area contributed by atoms with Gasteiger partial charge in [0.1, 0.15) is 17.6 Å². The fourth-order valence-electron chi connectivity index (χ4n) is 4.48. The molecule has 8 nitrogen and oxygen atoms in total. The molecular formula is C31H41N3O5. The maximum Gasteiger partial charge on any atom is 0.338 e. The maximum atomic E-state index is 13.4. The van der Waals surface area contributed by atoms with Crippen LogP contribution in [0.5, 0.6) is 5.75 Å². The number of carbonyl (C=O) groups is 2. The number of amides is 1. The van der Waals surface area contributed by atoms with Gasteiger partial charge in [-0.05, 0) is 73.4 Å². The highest BCUT2D eigenvalue weighted by molar-refractivity contribution is 5.98. The van der Waals surface area contributed by atoms with Crippen molar-refractivity contribution < 1.29 is 23.5 Å². The molecule has 2 aromatic carbocycles. The Morgan fingerprint density at radius 2 is 1.77 bits per heavy atom. The highest BCUT2D eigenvalue weighted by atomic mass is 16.5. The maximum absolute atomic E-state index is 13.4. The third-order valence-corrected chi connectivity index (χ3v) is 6.40. The second kappa shape index (κ2) is 15.1.